The maximum atomic E-state index is 12.0. The van der Waals surface area contributed by atoms with E-state index in [1.165, 1.54) is 17.6 Å². The fourth-order valence-electron chi connectivity index (χ4n) is 2.30. The second-order valence-electron chi connectivity index (χ2n) is 4.46. The maximum Gasteiger partial charge on any atom is 0.326 e. The summed E-state index contributed by atoms with van der Waals surface area (Å²) in [6.45, 7) is 5.16. The fourth-order valence-corrected chi connectivity index (χ4v) is 2.30. The molecule has 1 unspecified atom stereocenters. The van der Waals surface area contributed by atoms with Gasteiger partial charge in [-0.25, -0.2) is 4.79 Å². The van der Waals surface area contributed by atoms with Gasteiger partial charge in [0.25, 0.3) is 5.56 Å². The number of carboxylic acid groups (broad SMARTS) is 1. The Labute approximate surface area is 103 Å². The molecule has 0 aliphatic heterocycles. The van der Waals surface area contributed by atoms with Crippen molar-refractivity contribution >= 4 is 17.0 Å². The first-order chi connectivity index (χ1) is 8.34. The van der Waals surface area contributed by atoms with Crippen LogP contribution in [0.25, 0.3) is 11.0 Å². The summed E-state index contributed by atoms with van der Waals surface area (Å²) >= 11 is 0. The van der Waals surface area contributed by atoms with Crippen molar-refractivity contribution in [2.24, 2.45) is 7.05 Å². The van der Waals surface area contributed by atoms with E-state index < -0.39 is 12.0 Å². The van der Waals surface area contributed by atoms with Crippen LogP contribution in [0.5, 0.6) is 0 Å². The zero-order valence-electron chi connectivity index (χ0n) is 10.8. The molecule has 2 aromatic rings. The quantitative estimate of drug-likeness (QED) is 0.861. The Morgan fingerprint density at radius 3 is 2.61 bits per heavy atom. The Hall–Kier alpha value is -2.11. The van der Waals surface area contributed by atoms with Crippen LogP contribution in [0, 0.1) is 13.8 Å². The lowest BCUT2D eigenvalue weighted by molar-refractivity contribution is -0.140. The van der Waals surface area contributed by atoms with Gasteiger partial charge in [0.15, 0.2) is 0 Å². The lowest BCUT2D eigenvalue weighted by Crippen LogP contribution is -2.29. The Morgan fingerprint density at radius 1 is 1.44 bits per heavy atom. The lowest BCUT2D eigenvalue weighted by atomic mass is 10.1. The molecule has 6 nitrogen and oxygen atoms in total. The number of hydrogen-bond donors (Lipinski definition) is 1. The highest BCUT2D eigenvalue weighted by molar-refractivity contribution is 5.84. The average Bonchev–Trinajstić information content (AvgIpc) is 2.54. The summed E-state index contributed by atoms with van der Waals surface area (Å²) in [6.07, 6.45) is 0. The molecule has 0 saturated heterocycles. The Morgan fingerprint density at radius 2 is 2.06 bits per heavy atom. The minimum atomic E-state index is -1.04. The molecule has 1 N–H and O–H groups in total. The van der Waals surface area contributed by atoms with E-state index in [4.69, 9.17) is 5.11 Å². The second-order valence-corrected chi connectivity index (χ2v) is 4.46. The van der Waals surface area contributed by atoms with Crippen LogP contribution in [0.15, 0.2) is 10.9 Å². The van der Waals surface area contributed by atoms with Gasteiger partial charge in [-0.1, -0.05) is 0 Å². The van der Waals surface area contributed by atoms with E-state index in [2.05, 4.69) is 5.10 Å². The van der Waals surface area contributed by atoms with Gasteiger partial charge in [0.1, 0.15) is 11.7 Å². The van der Waals surface area contributed by atoms with Crippen molar-refractivity contribution in [3.05, 3.63) is 27.7 Å². The van der Waals surface area contributed by atoms with Crippen LogP contribution in [-0.4, -0.2) is 25.4 Å². The van der Waals surface area contributed by atoms with E-state index >= 15 is 0 Å². The van der Waals surface area contributed by atoms with Crippen LogP contribution >= 0.6 is 0 Å². The van der Waals surface area contributed by atoms with E-state index in [0.29, 0.717) is 5.65 Å². The number of carbonyl (C=O) groups is 1. The summed E-state index contributed by atoms with van der Waals surface area (Å²) in [7, 11) is 1.71. The number of fused-ring (bicyclic) bond motifs is 1. The smallest absolute Gasteiger partial charge is 0.326 e. The molecule has 0 saturated carbocycles. The molecule has 6 heteroatoms. The zero-order chi connectivity index (χ0) is 13.6. The molecule has 0 fully saturated rings. The van der Waals surface area contributed by atoms with Gasteiger partial charge in [0.2, 0.25) is 0 Å². The van der Waals surface area contributed by atoms with Crippen molar-refractivity contribution in [2.45, 2.75) is 26.8 Å². The second kappa shape index (κ2) is 3.97. The molecular formula is C12H15N3O3. The number of aliphatic carboxylic acids is 1. The average molecular weight is 249 g/mol. The van der Waals surface area contributed by atoms with Gasteiger partial charge in [0, 0.05) is 18.5 Å². The van der Waals surface area contributed by atoms with Crippen molar-refractivity contribution in [1.82, 2.24) is 14.3 Å². The number of aromatic nitrogens is 3. The van der Waals surface area contributed by atoms with Gasteiger partial charge in [-0.2, -0.15) is 5.10 Å². The van der Waals surface area contributed by atoms with Crippen molar-refractivity contribution in [3.63, 3.8) is 0 Å². The van der Waals surface area contributed by atoms with Gasteiger partial charge in [0.05, 0.1) is 5.69 Å². The minimum Gasteiger partial charge on any atom is -0.480 e. The van der Waals surface area contributed by atoms with Crippen molar-refractivity contribution in [3.8, 4) is 0 Å². The number of aryl methyl sites for hydroxylation is 3. The molecule has 1 atom stereocenters. The number of carboxylic acids is 1. The molecule has 2 aromatic heterocycles. The summed E-state index contributed by atoms with van der Waals surface area (Å²) < 4.78 is 2.82. The standard InChI is InChI=1S/C12H15N3O3/c1-6-5-9(16)15(8(3)12(17)18)11-10(6)7(2)13-14(11)4/h5,8H,1-4H3,(H,17,18). The number of pyridine rings is 1. The normalized spacial score (nSPS) is 12.9. The van der Waals surface area contributed by atoms with E-state index in [0.717, 1.165) is 16.6 Å². The Bertz CT molecular complexity index is 697. The molecule has 2 rings (SSSR count). The third-order valence-electron chi connectivity index (χ3n) is 3.14. The molecule has 0 amide bonds. The van der Waals surface area contributed by atoms with E-state index in [-0.39, 0.29) is 5.56 Å². The molecule has 18 heavy (non-hydrogen) atoms. The number of hydrogen-bond acceptors (Lipinski definition) is 3. The van der Waals surface area contributed by atoms with Crippen LogP contribution in [0.1, 0.15) is 24.2 Å². The predicted molar refractivity (Wildman–Crippen MR) is 66.8 cm³/mol. The zero-order valence-corrected chi connectivity index (χ0v) is 10.8. The summed E-state index contributed by atoms with van der Waals surface area (Å²) in [5, 5.41) is 14.2. The number of rotatable bonds is 2. The van der Waals surface area contributed by atoms with Crippen LogP contribution in [0.2, 0.25) is 0 Å². The summed E-state index contributed by atoms with van der Waals surface area (Å²) in [5.74, 6) is -1.04. The largest absolute Gasteiger partial charge is 0.480 e. The topological polar surface area (TPSA) is 77.1 Å². The monoisotopic (exact) mass is 249 g/mol. The van der Waals surface area contributed by atoms with Gasteiger partial charge in [-0.3, -0.25) is 14.0 Å². The summed E-state index contributed by atoms with van der Waals surface area (Å²) in [5.41, 5.74) is 1.83. The minimum absolute atomic E-state index is 0.321. The predicted octanol–water partition coefficient (Wildman–Crippen LogP) is 0.997. The summed E-state index contributed by atoms with van der Waals surface area (Å²) in [6, 6.07) is 0.534. The molecule has 2 heterocycles. The molecule has 96 valence electrons. The molecule has 0 aliphatic rings. The van der Waals surface area contributed by atoms with Crippen LogP contribution in [-0.2, 0) is 11.8 Å². The lowest BCUT2D eigenvalue weighted by Gasteiger charge is -2.14. The first-order valence-electron chi connectivity index (χ1n) is 5.63. The number of nitrogens with zero attached hydrogens (tertiary/aromatic N) is 3. The Balaban J connectivity index is 2.97. The highest BCUT2D eigenvalue weighted by Crippen LogP contribution is 2.22. The molecule has 0 aromatic carbocycles. The van der Waals surface area contributed by atoms with Gasteiger partial charge >= 0.3 is 5.97 Å². The van der Waals surface area contributed by atoms with E-state index in [1.807, 2.05) is 13.8 Å². The van der Waals surface area contributed by atoms with Gasteiger partial charge in [-0.15, -0.1) is 0 Å². The van der Waals surface area contributed by atoms with E-state index in [1.54, 1.807) is 11.7 Å². The molecule has 0 bridgehead atoms. The Kier molecular flexibility index (Phi) is 2.73. The van der Waals surface area contributed by atoms with Crippen molar-refractivity contribution in [2.75, 3.05) is 0 Å². The molecular weight excluding hydrogens is 234 g/mol. The third-order valence-corrected chi connectivity index (χ3v) is 3.14. The SMILES string of the molecule is Cc1cc(=O)n(C(C)C(=O)O)c2c1c(C)nn2C. The van der Waals surface area contributed by atoms with Gasteiger partial charge < -0.3 is 5.11 Å². The van der Waals surface area contributed by atoms with Crippen molar-refractivity contribution in [1.29, 1.82) is 0 Å². The van der Waals surface area contributed by atoms with Gasteiger partial charge in [-0.05, 0) is 26.3 Å². The maximum absolute atomic E-state index is 12.0. The fraction of sp³-hybridized carbons (Fsp3) is 0.417. The van der Waals surface area contributed by atoms with Crippen LogP contribution in [0.3, 0.4) is 0 Å². The summed E-state index contributed by atoms with van der Waals surface area (Å²) in [4.78, 5) is 23.1. The third kappa shape index (κ3) is 1.61. The van der Waals surface area contributed by atoms with Crippen LogP contribution in [0.4, 0.5) is 0 Å². The van der Waals surface area contributed by atoms with E-state index in [9.17, 15) is 9.59 Å². The molecule has 0 radical (unpaired) electrons. The highest BCUT2D eigenvalue weighted by Gasteiger charge is 2.21. The molecule has 0 spiro atoms. The first kappa shape index (κ1) is 12.3. The first-order valence-corrected chi connectivity index (χ1v) is 5.63. The molecule has 0 aliphatic carbocycles. The van der Waals surface area contributed by atoms with Crippen LogP contribution < -0.4 is 5.56 Å². The highest BCUT2D eigenvalue weighted by atomic mass is 16.4. The van der Waals surface area contributed by atoms with Crippen molar-refractivity contribution < 1.29 is 9.90 Å².